The maximum Gasteiger partial charge on any atom is 0.255 e. The number of aromatic nitrogens is 3. The van der Waals surface area contributed by atoms with Crippen LogP contribution in [0.4, 0.5) is 10.1 Å². The second-order valence-corrected chi connectivity index (χ2v) is 6.30. The third kappa shape index (κ3) is 4.65. The molecule has 0 fully saturated rings. The van der Waals surface area contributed by atoms with Gasteiger partial charge in [0, 0.05) is 5.56 Å². The van der Waals surface area contributed by atoms with Crippen LogP contribution in [0, 0.1) is 5.82 Å². The molecule has 6 nitrogen and oxygen atoms in total. The van der Waals surface area contributed by atoms with Gasteiger partial charge in [-0.15, -0.1) is 0 Å². The molecule has 1 N–H and O–H groups in total. The molecule has 4 rings (SSSR count). The molecule has 1 amide bonds. The number of nitrogens with zero attached hydrogens (tertiary/aromatic N) is 3. The molecule has 0 aliphatic heterocycles. The van der Waals surface area contributed by atoms with Crippen molar-refractivity contribution in [3.63, 3.8) is 0 Å². The molecule has 0 unspecified atom stereocenters. The van der Waals surface area contributed by atoms with Gasteiger partial charge in [0.2, 0.25) is 0 Å². The van der Waals surface area contributed by atoms with Crippen molar-refractivity contribution in [1.29, 1.82) is 0 Å². The van der Waals surface area contributed by atoms with E-state index in [-0.39, 0.29) is 11.7 Å². The van der Waals surface area contributed by atoms with Gasteiger partial charge in [-0.1, -0.05) is 24.3 Å². The molecule has 0 radical (unpaired) electrons. The van der Waals surface area contributed by atoms with Crippen molar-refractivity contribution in [3.8, 4) is 11.5 Å². The van der Waals surface area contributed by atoms with E-state index in [0.717, 1.165) is 5.56 Å². The minimum Gasteiger partial charge on any atom is -0.455 e. The van der Waals surface area contributed by atoms with Crippen LogP contribution in [0.3, 0.4) is 0 Å². The van der Waals surface area contributed by atoms with Crippen LogP contribution >= 0.6 is 0 Å². The van der Waals surface area contributed by atoms with Gasteiger partial charge in [-0.2, -0.15) is 5.10 Å². The largest absolute Gasteiger partial charge is 0.455 e. The van der Waals surface area contributed by atoms with E-state index in [1.165, 1.54) is 30.6 Å². The molecule has 3 aromatic carbocycles. The fourth-order valence-electron chi connectivity index (χ4n) is 2.75. The normalized spacial score (nSPS) is 10.5. The first-order valence-corrected chi connectivity index (χ1v) is 8.92. The van der Waals surface area contributed by atoms with E-state index in [1.807, 2.05) is 12.1 Å². The molecule has 7 heteroatoms. The van der Waals surface area contributed by atoms with Crippen molar-refractivity contribution >= 4 is 11.6 Å². The molecule has 0 spiro atoms. The predicted octanol–water partition coefficient (Wildman–Crippen LogP) is 4.51. The molecule has 0 bridgehead atoms. The van der Waals surface area contributed by atoms with Gasteiger partial charge in [0.05, 0.1) is 12.2 Å². The summed E-state index contributed by atoms with van der Waals surface area (Å²) in [7, 11) is 0. The number of anilines is 1. The second-order valence-electron chi connectivity index (χ2n) is 6.30. The summed E-state index contributed by atoms with van der Waals surface area (Å²) in [6, 6.07) is 20.0. The van der Waals surface area contributed by atoms with E-state index in [1.54, 1.807) is 47.4 Å². The van der Waals surface area contributed by atoms with Crippen LogP contribution in [0.25, 0.3) is 0 Å². The lowest BCUT2D eigenvalue weighted by Gasteiger charge is -2.12. The van der Waals surface area contributed by atoms with Crippen LogP contribution < -0.4 is 10.1 Å². The Kier molecular flexibility index (Phi) is 5.29. The second kappa shape index (κ2) is 8.35. The van der Waals surface area contributed by atoms with Crippen molar-refractivity contribution in [2.24, 2.45) is 0 Å². The van der Waals surface area contributed by atoms with Crippen molar-refractivity contribution in [2.75, 3.05) is 5.32 Å². The number of para-hydroxylation sites is 2. The van der Waals surface area contributed by atoms with E-state index in [2.05, 4.69) is 15.4 Å². The van der Waals surface area contributed by atoms with Gasteiger partial charge in [0.25, 0.3) is 5.91 Å². The lowest BCUT2D eigenvalue weighted by molar-refractivity contribution is 0.102. The molecule has 0 saturated heterocycles. The van der Waals surface area contributed by atoms with Gasteiger partial charge in [0.15, 0.2) is 5.75 Å². The van der Waals surface area contributed by atoms with E-state index >= 15 is 0 Å². The molecule has 144 valence electrons. The summed E-state index contributed by atoms with van der Waals surface area (Å²) in [5.74, 6) is 0.347. The molecule has 29 heavy (non-hydrogen) atoms. The number of hydrogen-bond donors (Lipinski definition) is 1. The smallest absolute Gasteiger partial charge is 0.255 e. The minimum absolute atomic E-state index is 0.257. The van der Waals surface area contributed by atoms with Crippen LogP contribution in [-0.2, 0) is 6.54 Å². The van der Waals surface area contributed by atoms with Gasteiger partial charge >= 0.3 is 0 Å². The summed E-state index contributed by atoms with van der Waals surface area (Å²) in [5.41, 5.74) is 2.05. The van der Waals surface area contributed by atoms with Crippen molar-refractivity contribution in [1.82, 2.24) is 14.8 Å². The molecular weight excluding hydrogens is 371 g/mol. The Labute approximate surface area is 166 Å². The molecular formula is C22H17FN4O2. The number of nitrogens with one attached hydrogen (secondary N) is 1. The zero-order valence-electron chi connectivity index (χ0n) is 15.3. The third-order valence-corrected chi connectivity index (χ3v) is 4.20. The molecule has 4 aromatic rings. The van der Waals surface area contributed by atoms with Crippen LogP contribution in [0.5, 0.6) is 11.5 Å². The summed E-state index contributed by atoms with van der Waals surface area (Å²) in [6.45, 7) is 0.580. The number of halogens is 1. The van der Waals surface area contributed by atoms with Crippen molar-refractivity contribution in [2.45, 2.75) is 6.54 Å². The Morgan fingerprint density at radius 2 is 1.76 bits per heavy atom. The predicted molar refractivity (Wildman–Crippen MR) is 106 cm³/mol. The Balaban J connectivity index is 1.46. The summed E-state index contributed by atoms with van der Waals surface area (Å²) >= 11 is 0. The highest BCUT2D eigenvalue weighted by atomic mass is 19.1. The average molecular weight is 388 g/mol. The number of benzene rings is 3. The number of amides is 1. The summed E-state index contributed by atoms with van der Waals surface area (Å²) < 4.78 is 20.6. The van der Waals surface area contributed by atoms with Gasteiger partial charge < -0.3 is 10.1 Å². The quantitative estimate of drug-likeness (QED) is 0.528. The van der Waals surface area contributed by atoms with Crippen LogP contribution in [0.2, 0.25) is 0 Å². The van der Waals surface area contributed by atoms with Gasteiger partial charge in [-0.25, -0.2) is 14.1 Å². The van der Waals surface area contributed by atoms with Crippen LogP contribution in [0.1, 0.15) is 15.9 Å². The summed E-state index contributed by atoms with van der Waals surface area (Å²) in [4.78, 5) is 16.6. The molecule has 0 aliphatic carbocycles. The summed E-state index contributed by atoms with van der Waals surface area (Å²) in [6.07, 6.45) is 3.12. The van der Waals surface area contributed by atoms with Crippen LogP contribution in [0.15, 0.2) is 85.5 Å². The SMILES string of the molecule is O=C(Nc1ccccc1Oc1ccc(F)cc1)c1ccc(Cn2cncn2)cc1. The highest BCUT2D eigenvalue weighted by Gasteiger charge is 2.11. The fraction of sp³-hybridized carbons (Fsp3) is 0.0455. The zero-order chi connectivity index (χ0) is 20.1. The number of ether oxygens (including phenoxy) is 1. The number of carbonyl (C=O) groups is 1. The zero-order valence-corrected chi connectivity index (χ0v) is 15.3. The molecule has 0 aliphatic rings. The Morgan fingerprint density at radius 3 is 2.48 bits per heavy atom. The number of hydrogen-bond acceptors (Lipinski definition) is 4. The topological polar surface area (TPSA) is 69.0 Å². The Hall–Kier alpha value is -4.00. The van der Waals surface area contributed by atoms with Crippen molar-refractivity contribution in [3.05, 3.63) is 102 Å². The monoisotopic (exact) mass is 388 g/mol. The molecule has 0 saturated carbocycles. The summed E-state index contributed by atoms with van der Waals surface area (Å²) in [5, 5.41) is 6.92. The fourth-order valence-corrected chi connectivity index (χ4v) is 2.75. The Bertz CT molecular complexity index is 1090. The standard InChI is InChI=1S/C22H17FN4O2/c23-18-9-11-19(12-10-18)29-21-4-2-1-3-20(21)26-22(28)17-7-5-16(6-8-17)13-27-15-24-14-25-27/h1-12,14-15H,13H2,(H,26,28). The van der Waals surface area contributed by atoms with Crippen LogP contribution in [-0.4, -0.2) is 20.7 Å². The lowest BCUT2D eigenvalue weighted by atomic mass is 10.1. The Morgan fingerprint density at radius 1 is 1.00 bits per heavy atom. The highest BCUT2D eigenvalue weighted by molar-refractivity contribution is 6.05. The van der Waals surface area contributed by atoms with E-state index in [9.17, 15) is 9.18 Å². The highest BCUT2D eigenvalue weighted by Crippen LogP contribution is 2.29. The molecule has 1 aromatic heterocycles. The lowest BCUT2D eigenvalue weighted by Crippen LogP contribution is -2.12. The number of rotatable bonds is 6. The van der Waals surface area contributed by atoms with E-state index < -0.39 is 0 Å². The van der Waals surface area contributed by atoms with Crippen molar-refractivity contribution < 1.29 is 13.9 Å². The minimum atomic E-state index is -0.341. The number of carbonyl (C=O) groups excluding carboxylic acids is 1. The third-order valence-electron chi connectivity index (χ3n) is 4.20. The van der Waals surface area contributed by atoms with E-state index in [0.29, 0.717) is 29.3 Å². The maximum absolute atomic E-state index is 13.1. The van der Waals surface area contributed by atoms with Gasteiger partial charge in [0.1, 0.15) is 24.2 Å². The van der Waals surface area contributed by atoms with Gasteiger partial charge in [-0.3, -0.25) is 4.79 Å². The average Bonchev–Trinajstić information content (AvgIpc) is 3.25. The van der Waals surface area contributed by atoms with Gasteiger partial charge in [-0.05, 0) is 54.1 Å². The first kappa shape index (κ1) is 18.4. The first-order valence-electron chi connectivity index (χ1n) is 8.92. The maximum atomic E-state index is 13.1. The molecule has 0 atom stereocenters. The molecule has 1 heterocycles. The van der Waals surface area contributed by atoms with E-state index in [4.69, 9.17) is 4.74 Å². The first-order chi connectivity index (χ1) is 14.2.